The molecule has 0 atom stereocenters. The molecule has 178 valence electrons. The molecule has 9 nitrogen and oxygen atoms in total. The monoisotopic (exact) mass is 489 g/mol. The Morgan fingerprint density at radius 3 is 2.57 bits per heavy atom. The summed E-state index contributed by atoms with van der Waals surface area (Å²) in [4.78, 5) is 12.4. The average Bonchev–Trinajstić information content (AvgIpc) is 3.29. The van der Waals surface area contributed by atoms with Crippen LogP contribution >= 0.6 is 11.8 Å². The van der Waals surface area contributed by atoms with Gasteiger partial charge in [0.2, 0.25) is 0 Å². The van der Waals surface area contributed by atoms with Crippen LogP contribution in [0, 0.1) is 0 Å². The van der Waals surface area contributed by atoms with Crippen molar-refractivity contribution in [1.82, 2.24) is 20.2 Å². The maximum absolute atomic E-state index is 12.4. The molecule has 0 unspecified atom stereocenters. The second kappa shape index (κ2) is 11.2. The van der Waals surface area contributed by atoms with E-state index in [2.05, 4.69) is 20.7 Å². The van der Waals surface area contributed by atoms with Crippen molar-refractivity contribution in [3.8, 4) is 34.3 Å². The summed E-state index contributed by atoms with van der Waals surface area (Å²) in [5, 5.41) is 32.2. The second-order valence-corrected chi connectivity index (χ2v) is 8.20. The molecule has 1 heterocycles. The van der Waals surface area contributed by atoms with Gasteiger partial charge in [-0.05, 0) is 43.3 Å². The van der Waals surface area contributed by atoms with Crippen LogP contribution in [-0.4, -0.2) is 49.5 Å². The van der Waals surface area contributed by atoms with Crippen molar-refractivity contribution in [1.29, 1.82) is 0 Å². The first-order valence-electron chi connectivity index (χ1n) is 10.8. The number of carbonyl (C=O) groups excluding carboxylic acids is 1. The Hall–Kier alpha value is -4.31. The summed E-state index contributed by atoms with van der Waals surface area (Å²) >= 11 is 1.22. The number of ether oxygens (including phenoxy) is 1. The zero-order valence-corrected chi connectivity index (χ0v) is 19.6. The Morgan fingerprint density at radius 1 is 1.09 bits per heavy atom. The van der Waals surface area contributed by atoms with E-state index in [1.165, 1.54) is 36.2 Å². The third kappa shape index (κ3) is 5.98. The largest absolute Gasteiger partial charge is 0.508 e. The summed E-state index contributed by atoms with van der Waals surface area (Å²) in [6.07, 6.45) is 1.30. The number of hydrogen-bond donors (Lipinski definition) is 3. The molecule has 1 aromatic heterocycles. The van der Waals surface area contributed by atoms with Crippen LogP contribution in [0.1, 0.15) is 12.5 Å². The van der Waals surface area contributed by atoms with Crippen LogP contribution < -0.4 is 10.2 Å². The quantitative estimate of drug-likeness (QED) is 0.185. The number of amides is 1. The molecule has 3 N–H and O–H groups in total. The van der Waals surface area contributed by atoms with Crippen molar-refractivity contribution in [2.24, 2.45) is 5.10 Å². The molecule has 0 saturated heterocycles. The molecule has 4 aromatic rings. The predicted octanol–water partition coefficient (Wildman–Crippen LogP) is 3.99. The molecule has 4 rings (SSSR count). The van der Waals surface area contributed by atoms with Gasteiger partial charge in [0.05, 0.1) is 18.6 Å². The zero-order chi connectivity index (χ0) is 24.6. The van der Waals surface area contributed by atoms with Crippen LogP contribution in [0.25, 0.3) is 17.1 Å². The number of nitrogens with zero attached hydrogens (tertiary/aromatic N) is 4. The lowest BCUT2D eigenvalue weighted by Gasteiger charge is -2.11. The number of rotatable bonds is 9. The smallest absolute Gasteiger partial charge is 0.250 e. The van der Waals surface area contributed by atoms with Gasteiger partial charge < -0.3 is 14.9 Å². The number of nitrogens with one attached hydrogen (secondary N) is 1. The molecule has 35 heavy (non-hydrogen) atoms. The van der Waals surface area contributed by atoms with E-state index in [-0.39, 0.29) is 23.2 Å². The third-order valence-corrected chi connectivity index (χ3v) is 5.74. The highest BCUT2D eigenvalue weighted by Crippen LogP contribution is 2.29. The van der Waals surface area contributed by atoms with Gasteiger partial charge in [-0.25, -0.2) is 5.43 Å². The lowest BCUT2D eigenvalue weighted by atomic mass is 10.2. The van der Waals surface area contributed by atoms with Crippen molar-refractivity contribution in [2.45, 2.75) is 12.1 Å². The van der Waals surface area contributed by atoms with Crippen molar-refractivity contribution in [2.75, 3.05) is 12.4 Å². The van der Waals surface area contributed by atoms with Gasteiger partial charge in [0.1, 0.15) is 17.2 Å². The van der Waals surface area contributed by atoms with Crippen molar-refractivity contribution >= 4 is 23.9 Å². The summed E-state index contributed by atoms with van der Waals surface area (Å²) in [5.41, 5.74) is 4.51. The normalized spacial score (nSPS) is 11.0. The fourth-order valence-corrected chi connectivity index (χ4v) is 3.95. The first kappa shape index (κ1) is 23.8. The number of aromatic nitrogens is 3. The van der Waals surface area contributed by atoms with Gasteiger partial charge in [0.15, 0.2) is 11.0 Å². The minimum absolute atomic E-state index is 0.0445. The highest BCUT2D eigenvalue weighted by molar-refractivity contribution is 7.99. The zero-order valence-electron chi connectivity index (χ0n) is 18.8. The van der Waals surface area contributed by atoms with Crippen molar-refractivity contribution in [3.05, 3.63) is 78.4 Å². The SMILES string of the molecule is CCOc1ccc(-n2c(SCC(=O)N/N=C/c3ccc(O)cc3O)nnc2-c2ccccc2)cc1. The van der Waals surface area contributed by atoms with Gasteiger partial charge in [-0.2, -0.15) is 5.10 Å². The van der Waals surface area contributed by atoms with Crippen molar-refractivity contribution in [3.63, 3.8) is 0 Å². The highest BCUT2D eigenvalue weighted by atomic mass is 32.2. The van der Waals surface area contributed by atoms with E-state index in [0.29, 0.717) is 23.2 Å². The molecule has 0 aliphatic heterocycles. The number of hydrogen-bond acceptors (Lipinski definition) is 8. The topological polar surface area (TPSA) is 122 Å². The van der Waals surface area contributed by atoms with E-state index in [9.17, 15) is 15.0 Å². The summed E-state index contributed by atoms with van der Waals surface area (Å²) in [6.45, 7) is 2.50. The third-order valence-electron chi connectivity index (χ3n) is 4.81. The number of benzene rings is 3. The Labute approximate surface area is 206 Å². The van der Waals surface area contributed by atoms with Gasteiger partial charge in [-0.15, -0.1) is 10.2 Å². The second-order valence-electron chi connectivity index (χ2n) is 7.26. The van der Waals surface area contributed by atoms with E-state index >= 15 is 0 Å². The molecule has 0 radical (unpaired) electrons. The Bertz CT molecular complexity index is 1320. The molecule has 0 saturated carbocycles. The van der Waals surface area contributed by atoms with Gasteiger partial charge >= 0.3 is 0 Å². The van der Waals surface area contributed by atoms with E-state index in [1.807, 2.05) is 66.1 Å². The van der Waals surface area contributed by atoms with Gasteiger partial charge in [0, 0.05) is 22.9 Å². The number of thioether (sulfide) groups is 1. The molecule has 0 spiro atoms. The van der Waals surface area contributed by atoms with E-state index in [1.54, 1.807) is 0 Å². The number of phenolic OH excluding ortho intramolecular Hbond substituents is 2. The Balaban J connectivity index is 1.50. The molecule has 10 heteroatoms. The van der Waals surface area contributed by atoms with Gasteiger partial charge in [-0.1, -0.05) is 42.1 Å². The number of hydrazone groups is 1. The van der Waals surface area contributed by atoms with Gasteiger partial charge in [0.25, 0.3) is 5.91 Å². The maximum atomic E-state index is 12.4. The lowest BCUT2D eigenvalue weighted by Crippen LogP contribution is -2.20. The fraction of sp³-hybridized carbons (Fsp3) is 0.120. The molecule has 0 bridgehead atoms. The molecule has 3 aromatic carbocycles. The summed E-state index contributed by atoms with van der Waals surface area (Å²) in [7, 11) is 0. The minimum atomic E-state index is -0.355. The van der Waals surface area contributed by atoms with Crippen LogP contribution in [0.2, 0.25) is 0 Å². The van der Waals surface area contributed by atoms with Crippen LogP contribution in [0.4, 0.5) is 0 Å². The molecular weight excluding hydrogens is 466 g/mol. The van der Waals surface area contributed by atoms with Crippen LogP contribution in [0.15, 0.2) is 83.1 Å². The van der Waals surface area contributed by atoms with E-state index < -0.39 is 0 Å². The number of aromatic hydroxyl groups is 2. The average molecular weight is 490 g/mol. The fourth-order valence-electron chi connectivity index (χ4n) is 3.21. The Morgan fingerprint density at radius 2 is 1.86 bits per heavy atom. The van der Waals surface area contributed by atoms with Crippen LogP contribution in [0.5, 0.6) is 17.2 Å². The maximum Gasteiger partial charge on any atom is 0.250 e. The van der Waals surface area contributed by atoms with Gasteiger partial charge in [-0.3, -0.25) is 9.36 Å². The first-order chi connectivity index (χ1) is 17.0. The Kier molecular flexibility index (Phi) is 7.63. The molecule has 0 fully saturated rings. The van der Waals surface area contributed by atoms with E-state index in [0.717, 1.165) is 17.0 Å². The molecule has 1 amide bonds. The number of carbonyl (C=O) groups is 1. The highest BCUT2D eigenvalue weighted by Gasteiger charge is 2.17. The standard InChI is InChI=1S/C25H23N5O4S/c1-2-34-21-12-9-19(10-13-21)30-24(17-6-4-3-5-7-17)28-29-25(30)35-16-23(33)27-26-15-18-8-11-20(31)14-22(18)32/h3-15,31-32H,2,16H2,1H3,(H,27,33)/b26-15+. The van der Waals surface area contributed by atoms with Crippen LogP contribution in [-0.2, 0) is 4.79 Å². The minimum Gasteiger partial charge on any atom is -0.508 e. The molecular formula is C25H23N5O4S. The number of phenols is 2. The molecule has 0 aliphatic rings. The van der Waals surface area contributed by atoms with E-state index in [4.69, 9.17) is 4.74 Å². The summed E-state index contributed by atoms with van der Waals surface area (Å²) in [5.74, 6) is 0.895. The summed E-state index contributed by atoms with van der Waals surface area (Å²) < 4.78 is 7.43. The lowest BCUT2D eigenvalue weighted by molar-refractivity contribution is -0.118. The van der Waals surface area contributed by atoms with Crippen molar-refractivity contribution < 1.29 is 19.7 Å². The predicted molar refractivity (Wildman–Crippen MR) is 134 cm³/mol. The molecule has 0 aliphatic carbocycles. The van der Waals surface area contributed by atoms with Crippen LogP contribution in [0.3, 0.4) is 0 Å². The first-order valence-corrected chi connectivity index (χ1v) is 11.7. The summed E-state index contributed by atoms with van der Waals surface area (Å²) in [6, 6.07) is 21.4.